The van der Waals surface area contributed by atoms with Crippen molar-refractivity contribution in [1.29, 1.82) is 0 Å². The van der Waals surface area contributed by atoms with Crippen LogP contribution in [0.4, 0.5) is 21.6 Å². The molecule has 2 aliphatic heterocycles. The fourth-order valence-electron chi connectivity index (χ4n) is 11.1. The van der Waals surface area contributed by atoms with Crippen molar-refractivity contribution in [3.05, 3.63) is 99.6 Å². The highest BCUT2D eigenvalue weighted by atomic mass is 32.2. The van der Waals surface area contributed by atoms with Crippen LogP contribution in [-0.2, 0) is 14.8 Å². The molecule has 5 heterocycles. The third-order valence-corrected chi connectivity index (χ3v) is 16.7. The van der Waals surface area contributed by atoms with Crippen LogP contribution in [0, 0.1) is 27.3 Å². The maximum atomic E-state index is 15.0. The van der Waals surface area contributed by atoms with Crippen molar-refractivity contribution in [2.45, 2.75) is 120 Å². The molecule has 19 heteroatoms. The van der Waals surface area contributed by atoms with E-state index in [1.807, 2.05) is 0 Å². The number of H-pyrrole nitrogens is 1. The number of aliphatic hydroxyl groups is 1. The topological polar surface area (TPSA) is 214 Å². The molecule has 1 unspecified atom stereocenters. The van der Waals surface area contributed by atoms with Crippen molar-refractivity contribution in [2.24, 2.45) is 11.3 Å². The number of benzene rings is 2. The Kier molecular flexibility index (Phi) is 14.3. The molecule has 4 N–H and O–H groups in total. The number of fused-ring (bicyclic) bond motifs is 1. The van der Waals surface area contributed by atoms with Crippen LogP contribution in [0.2, 0.25) is 0 Å². The number of nitrogens with zero attached hydrogens (tertiary/aromatic N) is 5. The molecule has 4 fully saturated rings. The Hall–Kier alpha value is -5.89. The summed E-state index contributed by atoms with van der Waals surface area (Å²) in [4.78, 5) is 41.4. The van der Waals surface area contributed by atoms with Crippen LogP contribution in [0.5, 0.6) is 17.4 Å². The average molecular weight is 997 g/mol. The average Bonchev–Trinajstić information content (AvgIpc) is 3.97. The zero-order chi connectivity index (χ0) is 50.2. The maximum Gasteiger partial charge on any atom is 0.312 e. The number of piperidine rings is 1. The molecule has 2 aliphatic carbocycles. The number of anilines is 2. The highest BCUT2D eigenvalue weighted by Crippen LogP contribution is 2.49. The normalized spacial score (nSPS) is 22.9. The highest BCUT2D eigenvalue weighted by Gasteiger charge is 2.49. The molecular formula is C52H65FN8O9S. The van der Waals surface area contributed by atoms with Crippen molar-refractivity contribution in [1.82, 2.24) is 24.6 Å². The van der Waals surface area contributed by atoms with Crippen LogP contribution < -0.4 is 24.4 Å². The summed E-state index contributed by atoms with van der Waals surface area (Å²) >= 11 is 0. The number of methoxy groups -OCH3 is 1. The molecule has 1 spiro atoms. The van der Waals surface area contributed by atoms with Gasteiger partial charge in [0.15, 0.2) is 5.75 Å². The third-order valence-electron chi connectivity index (χ3n) is 15.4. The number of amides is 1. The Bertz CT molecular complexity index is 2870. The first-order valence-corrected chi connectivity index (χ1v) is 26.3. The van der Waals surface area contributed by atoms with Gasteiger partial charge in [-0.1, -0.05) is 44.5 Å². The summed E-state index contributed by atoms with van der Waals surface area (Å²) in [7, 11) is -3.22. The molecular weight excluding hydrogens is 932 g/mol. The Labute approximate surface area is 414 Å². The molecule has 3 atom stereocenters. The van der Waals surface area contributed by atoms with Crippen molar-refractivity contribution >= 4 is 44.2 Å². The number of nitro groups is 1. The van der Waals surface area contributed by atoms with E-state index in [0.717, 1.165) is 63.2 Å². The minimum Gasteiger partial charge on any atom is -0.472 e. The first kappa shape index (κ1) is 50.1. The number of carbonyl (C=O) groups excluding carboxylic acids is 1. The molecule has 2 aromatic carbocycles. The van der Waals surface area contributed by atoms with E-state index in [1.165, 1.54) is 49.6 Å². The molecule has 5 aromatic rings. The van der Waals surface area contributed by atoms with E-state index < -0.39 is 42.9 Å². The van der Waals surface area contributed by atoms with Gasteiger partial charge in [0.1, 0.15) is 28.7 Å². The van der Waals surface area contributed by atoms with Gasteiger partial charge in [-0.15, -0.1) is 0 Å². The van der Waals surface area contributed by atoms with E-state index in [2.05, 4.69) is 72.9 Å². The number of halogens is 1. The summed E-state index contributed by atoms with van der Waals surface area (Å²) in [5.41, 5.74) is 2.54. The number of likely N-dealkylation sites (tertiary alicyclic amines) is 1. The molecule has 0 radical (unpaired) electrons. The second kappa shape index (κ2) is 20.3. The van der Waals surface area contributed by atoms with E-state index >= 15 is 4.39 Å². The monoisotopic (exact) mass is 996 g/mol. The molecule has 2 saturated heterocycles. The van der Waals surface area contributed by atoms with Gasteiger partial charge in [0, 0.05) is 76.0 Å². The minimum atomic E-state index is -4.75. The van der Waals surface area contributed by atoms with Gasteiger partial charge < -0.3 is 34.5 Å². The van der Waals surface area contributed by atoms with Gasteiger partial charge in [-0.3, -0.25) is 19.8 Å². The standard InChI is InChI=1S/C52H65FN8O9S/c1-32(2)37-9-6-7-10-38(37)39-11-8-12-43(39)60-30-52(31-60)19-21-59(22-20-52)35-13-14-40(45(23-35)70-46-25-41-42(53)28-56-47(41)57-50(46)69-29-33(3)68-5)49(62)58-71(66,67)36-24-44(61(64)65)48(55-27-36)54-26-34-15-17-51(4,63)18-16-34/h6-7,9-10,13-14,23-25,27-28,32-34,39,43,63H,8,11-12,15-22,26,29-31H2,1-5H3,(H,54,55)(H,56,57)(H,58,62)/t33?,34?,39-,43-,51?/m1/s1. The van der Waals surface area contributed by atoms with Gasteiger partial charge in [0.2, 0.25) is 5.82 Å². The molecule has 3 aromatic heterocycles. The number of hydrogen-bond donors (Lipinski definition) is 4. The number of ether oxygens (including phenoxy) is 3. The predicted octanol–water partition coefficient (Wildman–Crippen LogP) is 9.04. The molecule has 380 valence electrons. The number of rotatable bonds is 17. The molecule has 1 amide bonds. The zero-order valence-corrected chi connectivity index (χ0v) is 41.9. The van der Waals surface area contributed by atoms with E-state index in [9.17, 15) is 28.4 Å². The second-order valence-corrected chi connectivity index (χ2v) is 22.5. The van der Waals surface area contributed by atoms with Gasteiger partial charge in [0.05, 0.1) is 33.8 Å². The van der Waals surface area contributed by atoms with Crippen LogP contribution in [0.15, 0.2) is 71.9 Å². The quantitative estimate of drug-likeness (QED) is 0.0506. The van der Waals surface area contributed by atoms with Gasteiger partial charge in [-0.2, -0.15) is 4.98 Å². The Balaban J connectivity index is 0.951. The number of aromatic amines is 1. The van der Waals surface area contributed by atoms with Crippen molar-refractivity contribution < 1.29 is 41.8 Å². The fourth-order valence-corrected chi connectivity index (χ4v) is 12.0. The van der Waals surface area contributed by atoms with E-state index in [0.29, 0.717) is 50.1 Å². The van der Waals surface area contributed by atoms with E-state index in [1.54, 1.807) is 26.0 Å². The summed E-state index contributed by atoms with van der Waals surface area (Å²) in [6.45, 7) is 12.1. The fraction of sp³-hybridized carbons (Fsp3) is 0.519. The number of nitrogens with one attached hydrogen (secondary N) is 3. The Morgan fingerprint density at radius 2 is 1.77 bits per heavy atom. The maximum absolute atomic E-state index is 15.0. The van der Waals surface area contributed by atoms with Crippen LogP contribution in [0.1, 0.15) is 119 Å². The number of carbonyl (C=O) groups is 1. The third kappa shape index (κ3) is 10.8. The van der Waals surface area contributed by atoms with Gasteiger partial charge in [0.25, 0.3) is 21.8 Å². The summed E-state index contributed by atoms with van der Waals surface area (Å²) < 4.78 is 62.7. The van der Waals surface area contributed by atoms with Gasteiger partial charge in [-0.05, 0) is 112 Å². The Morgan fingerprint density at radius 1 is 1.03 bits per heavy atom. The smallest absolute Gasteiger partial charge is 0.312 e. The number of pyridine rings is 2. The van der Waals surface area contributed by atoms with Crippen LogP contribution in [0.3, 0.4) is 0 Å². The van der Waals surface area contributed by atoms with E-state index in [-0.39, 0.29) is 63.8 Å². The summed E-state index contributed by atoms with van der Waals surface area (Å²) in [5, 5.41) is 25.6. The largest absolute Gasteiger partial charge is 0.472 e. The molecule has 2 saturated carbocycles. The lowest BCUT2D eigenvalue weighted by Gasteiger charge is -2.57. The van der Waals surface area contributed by atoms with Crippen molar-refractivity contribution in [2.75, 3.05) is 56.7 Å². The SMILES string of the molecule is COC(C)COc1nc2[nH]cc(F)c2cc1Oc1cc(N2CCC3(CC2)CN([C@@H]2CCC[C@@H]2c2ccccc2C(C)C)C3)ccc1C(=O)NS(=O)(=O)c1cnc(NCC2CCC(C)(O)CC2)c([N+](=O)[O-])c1. The highest BCUT2D eigenvalue weighted by molar-refractivity contribution is 7.90. The summed E-state index contributed by atoms with van der Waals surface area (Å²) in [6, 6.07) is 16.6. The first-order valence-electron chi connectivity index (χ1n) is 24.8. The lowest BCUT2D eigenvalue weighted by atomic mass is 9.70. The lowest BCUT2D eigenvalue weighted by Crippen LogP contribution is -2.63. The molecule has 4 aliphatic rings. The summed E-state index contributed by atoms with van der Waals surface area (Å²) in [6.07, 6.45) is 9.92. The molecule has 17 nitrogen and oxygen atoms in total. The molecule has 9 rings (SSSR count). The van der Waals surface area contributed by atoms with Crippen LogP contribution in [-0.4, -0.2) is 108 Å². The van der Waals surface area contributed by atoms with Crippen LogP contribution >= 0.6 is 0 Å². The number of aromatic nitrogens is 3. The lowest BCUT2D eigenvalue weighted by molar-refractivity contribution is -0.384. The molecule has 71 heavy (non-hydrogen) atoms. The van der Waals surface area contributed by atoms with Crippen molar-refractivity contribution in [3.63, 3.8) is 0 Å². The van der Waals surface area contributed by atoms with E-state index in [4.69, 9.17) is 14.2 Å². The second-order valence-electron chi connectivity index (χ2n) is 20.8. The van der Waals surface area contributed by atoms with Gasteiger partial charge >= 0.3 is 5.69 Å². The van der Waals surface area contributed by atoms with Crippen LogP contribution in [0.25, 0.3) is 11.0 Å². The van der Waals surface area contributed by atoms with Gasteiger partial charge in [-0.25, -0.2) is 22.5 Å². The number of hydrogen-bond acceptors (Lipinski definition) is 14. The summed E-state index contributed by atoms with van der Waals surface area (Å²) in [5.74, 6) is -0.793. The van der Waals surface area contributed by atoms with Crippen molar-refractivity contribution in [3.8, 4) is 17.4 Å². The minimum absolute atomic E-state index is 0.0262. The number of sulfonamides is 1. The molecule has 0 bridgehead atoms. The first-order chi connectivity index (χ1) is 33.9. The Morgan fingerprint density at radius 3 is 2.49 bits per heavy atom. The predicted molar refractivity (Wildman–Crippen MR) is 268 cm³/mol. The zero-order valence-electron chi connectivity index (χ0n) is 41.1.